The van der Waals surface area contributed by atoms with Crippen molar-refractivity contribution in [2.45, 2.75) is 64.4 Å². The van der Waals surface area contributed by atoms with Gasteiger partial charge in [0.1, 0.15) is 18.3 Å². The minimum atomic E-state index is -4.18. The van der Waals surface area contributed by atoms with Crippen LogP contribution in [0.25, 0.3) is 0 Å². The van der Waals surface area contributed by atoms with Crippen LogP contribution in [0.15, 0.2) is 71.6 Å². The fraction of sp³-hybridized carbons (Fsp3) is 0.375. The van der Waals surface area contributed by atoms with Gasteiger partial charge in [0.2, 0.25) is 11.8 Å². The second kappa shape index (κ2) is 15.1. The molecule has 0 aliphatic rings. The number of benzene rings is 3. The molecule has 0 aliphatic heterocycles. The first-order valence-corrected chi connectivity index (χ1v) is 15.9. The zero-order valence-corrected chi connectivity index (χ0v) is 26.5. The summed E-state index contributed by atoms with van der Waals surface area (Å²) in [5.74, 6) is -0.133. The molecule has 1 atom stereocenters. The van der Waals surface area contributed by atoms with E-state index < -0.39 is 28.5 Å². The highest BCUT2D eigenvalue weighted by Crippen LogP contribution is 2.30. The number of methoxy groups -OCH3 is 1. The molecule has 8 nitrogen and oxygen atoms in total. The van der Waals surface area contributed by atoms with Crippen LogP contribution in [0.1, 0.15) is 49.8 Å². The molecule has 226 valence electrons. The normalized spacial score (nSPS) is 12.0. The first-order chi connectivity index (χ1) is 20.0. The van der Waals surface area contributed by atoms with Crippen molar-refractivity contribution in [3.05, 3.63) is 88.4 Å². The van der Waals surface area contributed by atoms with Crippen molar-refractivity contribution in [2.24, 2.45) is 0 Å². The summed E-state index contributed by atoms with van der Waals surface area (Å²) in [7, 11) is -2.61. The van der Waals surface area contributed by atoms with Crippen LogP contribution in [0, 0.1) is 13.8 Å². The molecule has 0 radical (unpaired) electrons. The molecule has 1 N–H and O–H groups in total. The summed E-state index contributed by atoms with van der Waals surface area (Å²) in [5.41, 5.74) is 2.60. The molecule has 0 aromatic heterocycles. The lowest BCUT2D eigenvalue weighted by atomic mass is 10.1. The van der Waals surface area contributed by atoms with Gasteiger partial charge < -0.3 is 15.0 Å². The Labute approximate surface area is 254 Å². The van der Waals surface area contributed by atoms with E-state index in [2.05, 4.69) is 5.32 Å². The zero-order valence-electron chi connectivity index (χ0n) is 24.9. The smallest absolute Gasteiger partial charge is 0.264 e. The van der Waals surface area contributed by atoms with Crippen LogP contribution in [-0.4, -0.2) is 51.4 Å². The number of hydrogen-bond donors (Lipinski definition) is 1. The summed E-state index contributed by atoms with van der Waals surface area (Å²) in [6.07, 6.45) is 2.07. The van der Waals surface area contributed by atoms with E-state index in [0.717, 1.165) is 28.3 Å². The Morgan fingerprint density at radius 1 is 0.976 bits per heavy atom. The van der Waals surface area contributed by atoms with E-state index in [9.17, 15) is 18.0 Å². The van der Waals surface area contributed by atoms with Crippen molar-refractivity contribution < 1.29 is 22.7 Å². The third-order valence-corrected chi connectivity index (χ3v) is 9.06. The third kappa shape index (κ3) is 8.26. The molecule has 0 saturated carbocycles. The van der Waals surface area contributed by atoms with Gasteiger partial charge in [-0.3, -0.25) is 13.9 Å². The number of hydrogen-bond acceptors (Lipinski definition) is 5. The summed E-state index contributed by atoms with van der Waals surface area (Å²) >= 11 is 6.30. The number of nitrogens with one attached hydrogen (secondary N) is 1. The summed E-state index contributed by atoms with van der Waals surface area (Å²) in [5, 5.41) is 3.27. The first kappa shape index (κ1) is 32.9. The van der Waals surface area contributed by atoms with Crippen molar-refractivity contribution >= 4 is 39.1 Å². The maximum atomic E-state index is 14.2. The number of halogens is 1. The Kier molecular flexibility index (Phi) is 11.8. The maximum Gasteiger partial charge on any atom is 0.264 e. The quantitative estimate of drug-likeness (QED) is 0.229. The number of anilines is 1. The van der Waals surface area contributed by atoms with Crippen LogP contribution in [-0.2, 0) is 26.2 Å². The molecular formula is C32H40ClN3O5S. The average molecular weight is 614 g/mol. The molecule has 42 heavy (non-hydrogen) atoms. The average Bonchev–Trinajstić information content (AvgIpc) is 2.97. The number of carbonyl (C=O) groups excluding carboxylic acids is 2. The van der Waals surface area contributed by atoms with E-state index in [1.807, 2.05) is 32.9 Å². The molecule has 0 unspecified atom stereocenters. The lowest BCUT2D eigenvalue weighted by Gasteiger charge is -2.33. The van der Waals surface area contributed by atoms with Crippen LogP contribution in [0.5, 0.6) is 5.75 Å². The van der Waals surface area contributed by atoms with Gasteiger partial charge in [-0.15, -0.1) is 0 Å². The first-order valence-electron chi connectivity index (χ1n) is 14.1. The van der Waals surface area contributed by atoms with Gasteiger partial charge in [-0.25, -0.2) is 8.42 Å². The van der Waals surface area contributed by atoms with E-state index in [0.29, 0.717) is 35.0 Å². The molecule has 3 aromatic carbocycles. The lowest BCUT2D eigenvalue weighted by molar-refractivity contribution is -0.140. The van der Waals surface area contributed by atoms with Crippen molar-refractivity contribution in [1.29, 1.82) is 0 Å². The van der Waals surface area contributed by atoms with E-state index in [4.69, 9.17) is 16.3 Å². The highest BCUT2D eigenvalue weighted by atomic mass is 35.5. The maximum absolute atomic E-state index is 14.2. The number of ether oxygens (including phenoxy) is 1. The van der Waals surface area contributed by atoms with Crippen molar-refractivity contribution in [2.75, 3.05) is 24.5 Å². The predicted octanol–water partition coefficient (Wildman–Crippen LogP) is 5.88. The minimum Gasteiger partial charge on any atom is -0.497 e. The number of sulfonamides is 1. The number of amides is 2. The Balaban J connectivity index is 2.07. The number of aryl methyl sites for hydroxylation is 2. The summed E-state index contributed by atoms with van der Waals surface area (Å²) < 4.78 is 34.5. The van der Waals surface area contributed by atoms with E-state index in [-0.39, 0.29) is 17.3 Å². The molecule has 0 aliphatic carbocycles. The van der Waals surface area contributed by atoms with E-state index in [1.165, 1.54) is 17.0 Å². The number of nitrogens with zero attached hydrogens (tertiary/aromatic N) is 2. The summed E-state index contributed by atoms with van der Waals surface area (Å²) in [6.45, 7) is 7.57. The Morgan fingerprint density at radius 2 is 1.64 bits per heavy atom. The molecule has 0 spiro atoms. The second-order valence-electron chi connectivity index (χ2n) is 10.2. The Bertz CT molecular complexity index is 1460. The second-order valence-corrected chi connectivity index (χ2v) is 12.5. The van der Waals surface area contributed by atoms with Crippen molar-refractivity contribution in [1.82, 2.24) is 10.2 Å². The molecule has 3 aromatic rings. The van der Waals surface area contributed by atoms with Gasteiger partial charge in [0, 0.05) is 18.1 Å². The highest BCUT2D eigenvalue weighted by Gasteiger charge is 2.34. The molecular weight excluding hydrogens is 574 g/mol. The number of unbranched alkanes of at least 4 members (excludes halogenated alkanes) is 1. The van der Waals surface area contributed by atoms with Crippen molar-refractivity contribution in [3.8, 4) is 5.75 Å². The molecule has 0 saturated heterocycles. The van der Waals surface area contributed by atoms with E-state index >= 15 is 0 Å². The standard InChI is InChI=1S/C32H40ClN3O5S/c1-6-8-19-34-32(38)29(7-2)35(21-25-12-15-27(41-5)16-13-25)31(37)22-36(30-20-26(33)14-11-24(30)4)42(39,40)28-17-9-23(3)10-18-28/h9-18,20,29H,6-8,19,21-22H2,1-5H3,(H,34,38)/t29-/m0/s1. The van der Waals surface area contributed by atoms with Gasteiger partial charge in [0.15, 0.2) is 0 Å². The molecule has 0 heterocycles. The Morgan fingerprint density at radius 3 is 2.24 bits per heavy atom. The summed E-state index contributed by atoms with van der Waals surface area (Å²) in [6, 6.07) is 17.8. The van der Waals surface area contributed by atoms with Gasteiger partial charge >= 0.3 is 0 Å². The summed E-state index contributed by atoms with van der Waals surface area (Å²) in [4.78, 5) is 29.0. The Hall–Kier alpha value is -3.56. The number of carbonyl (C=O) groups is 2. The molecule has 0 bridgehead atoms. The van der Waals surface area contributed by atoms with Crippen LogP contribution >= 0.6 is 11.6 Å². The predicted molar refractivity (Wildman–Crippen MR) is 167 cm³/mol. The molecule has 2 amide bonds. The SMILES string of the molecule is CCCCNC(=O)[C@H](CC)N(Cc1ccc(OC)cc1)C(=O)CN(c1cc(Cl)ccc1C)S(=O)(=O)c1ccc(C)cc1. The highest BCUT2D eigenvalue weighted by molar-refractivity contribution is 7.92. The molecule has 10 heteroatoms. The largest absolute Gasteiger partial charge is 0.497 e. The number of rotatable bonds is 14. The van der Waals surface area contributed by atoms with Gasteiger partial charge in [-0.05, 0) is 74.2 Å². The fourth-order valence-corrected chi connectivity index (χ4v) is 6.19. The van der Waals surface area contributed by atoms with Crippen LogP contribution in [0.4, 0.5) is 5.69 Å². The van der Waals surface area contributed by atoms with Crippen LogP contribution in [0.2, 0.25) is 5.02 Å². The monoisotopic (exact) mass is 613 g/mol. The zero-order chi connectivity index (χ0) is 30.9. The van der Waals surface area contributed by atoms with Crippen molar-refractivity contribution in [3.63, 3.8) is 0 Å². The van der Waals surface area contributed by atoms with Gasteiger partial charge in [0.05, 0.1) is 17.7 Å². The lowest BCUT2D eigenvalue weighted by Crippen LogP contribution is -2.52. The molecule has 0 fully saturated rings. The van der Waals surface area contributed by atoms with Gasteiger partial charge in [-0.1, -0.05) is 67.8 Å². The van der Waals surface area contributed by atoms with Crippen LogP contribution in [0.3, 0.4) is 0 Å². The minimum absolute atomic E-state index is 0.0475. The van der Waals surface area contributed by atoms with E-state index in [1.54, 1.807) is 56.5 Å². The fourth-order valence-electron chi connectivity index (χ4n) is 4.56. The molecule has 3 rings (SSSR count). The topological polar surface area (TPSA) is 96.0 Å². The van der Waals surface area contributed by atoms with Gasteiger partial charge in [0.25, 0.3) is 10.0 Å². The van der Waals surface area contributed by atoms with Gasteiger partial charge in [-0.2, -0.15) is 0 Å². The third-order valence-electron chi connectivity index (χ3n) is 7.06. The van der Waals surface area contributed by atoms with Crippen LogP contribution < -0.4 is 14.4 Å².